The average Bonchev–Trinajstić information content (AvgIpc) is 3.11. The number of aromatic nitrogens is 1. The zero-order chi connectivity index (χ0) is 14.8. The van der Waals surface area contributed by atoms with Crippen molar-refractivity contribution in [2.24, 2.45) is 0 Å². The lowest BCUT2D eigenvalue weighted by molar-refractivity contribution is 0.206. The Hall–Kier alpha value is -1.75. The van der Waals surface area contributed by atoms with Crippen molar-refractivity contribution in [1.29, 1.82) is 0 Å². The van der Waals surface area contributed by atoms with Gasteiger partial charge in [0.25, 0.3) is 0 Å². The van der Waals surface area contributed by atoms with Gasteiger partial charge < -0.3 is 4.52 Å². The molecule has 1 atom stereocenters. The molecule has 3 rings (SSSR count). The van der Waals surface area contributed by atoms with Crippen LogP contribution in [0.25, 0.3) is 0 Å². The minimum atomic E-state index is -0.806. The van der Waals surface area contributed by atoms with Crippen LogP contribution in [0, 0.1) is 11.6 Å². The maximum atomic E-state index is 13.3. The number of hydrogen-bond donors (Lipinski definition) is 0. The van der Waals surface area contributed by atoms with E-state index in [1.165, 1.54) is 12.1 Å². The van der Waals surface area contributed by atoms with Gasteiger partial charge in [0.05, 0.1) is 11.7 Å². The summed E-state index contributed by atoms with van der Waals surface area (Å²) < 4.78 is 31.7. The lowest BCUT2D eigenvalue weighted by atomic mass is 10.1. The van der Waals surface area contributed by atoms with E-state index < -0.39 is 11.6 Å². The topological polar surface area (TPSA) is 29.3 Å². The van der Waals surface area contributed by atoms with E-state index in [0.717, 1.165) is 42.8 Å². The summed E-state index contributed by atoms with van der Waals surface area (Å²) in [5, 5.41) is 4.04. The second-order valence-electron chi connectivity index (χ2n) is 5.45. The van der Waals surface area contributed by atoms with Crippen molar-refractivity contribution >= 4 is 0 Å². The lowest BCUT2D eigenvalue weighted by Crippen LogP contribution is -2.22. The molecule has 3 nitrogen and oxygen atoms in total. The van der Waals surface area contributed by atoms with Gasteiger partial charge in [0.1, 0.15) is 0 Å². The van der Waals surface area contributed by atoms with Gasteiger partial charge in [-0.05, 0) is 43.5 Å². The van der Waals surface area contributed by atoms with Crippen molar-refractivity contribution in [1.82, 2.24) is 10.1 Å². The van der Waals surface area contributed by atoms with E-state index >= 15 is 0 Å². The Bertz CT molecular complexity index is 626. The Balaban J connectivity index is 1.76. The molecule has 0 unspecified atom stereocenters. The molecule has 1 saturated heterocycles. The van der Waals surface area contributed by atoms with Crippen molar-refractivity contribution in [2.45, 2.75) is 38.8 Å². The lowest BCUT2D eigenvalue weighted by Gasteiger charge is -2.22. The van der Waals surface area contributed by atoms with Crippen LogP contribution in [0.4, 0.5) is 8.78 Å². The van der Waals surface area contributed by atoms with Gasteiger partial charge in [-0.3, -0.25) is 4.90 Å². The normalized spacial score (nSPS) is 19.3. The summed E-state index contributed by atoms with van der Waals surface area (Å²) in [4.78, 5) is 2.23. The molecule has 0 spiro atoms. The second kappa shape index (κ2) is 5.93. The summed E-state index contributed by atoms with van der Waals surface area (Å²) in [5.41, 5.74) is 1.72. The van der Waals surface area contributed by atoms with Gasteiger partial charge in [-0.15, -0.1) is 0 Å². The van der Waals surface area contributed by atoms with Gasteiger partial charge in [-0.2, -0.15) is 0 Å². The van der Waals surface area contributed by atoms with Crippen molar-refractivity contribution < 1.29 is 13.3 Å². The first kappa shape index (κ1) is 14.2. The van der Waals surface area contributed by atoms with Gasteiger partial charge in [0.15, 0.2) is 17.4 Å². The zero-order valence-electron chi connectivity index (χ0n) is 12.0. The number of aryl methyl sites for hydroxylation is 1. The third kappa shape index (κ3) is 2.97. The first-order valence-electron chi connectivity index (χ1n) is 7.31. The molecule has 1 aliphatic rings. The number of halogens is 2. The Morgan fingerprint density at radius 2 is 2.14 bits per heavy atom. The average molecular weight is 292 g/mol. The monoisotopic (exact) mass is 292 g/mol. The van der Waals surface area contributed by atoms with Crippen LogP contribution in [0.1, 0.15) is 42.8 Å². The molecule has 0 radical (unpaired) electrons. The molecular weight excluding hydrogens is 274 g/mol. The molecule has 2 heterocycles. The highest BCUT2D eigenvalue weighted by Gasteiger charge is 2.29. The predicted molar refractivity (Wildman–Crippen MR) is 74.6 cm³/mol. The molecule has 21 heavy (non-hydrogen) atoms. The summed E-state index contributed by atoms with van der Waals surface area (Å²) in [6.07, 6.45) is 2.91. The Labute approximate surface area is 122 Å². The number of hydrogen-bond acceptors (Lipinski definition) is 3. The fraction of sp³-hybridized carbons (Fsp3) is 0.438. The largest absolute Gasteiger partial charge is 0.359 e. The molecule has 0 amide bonds. The Morgan fingerprint density at radius 1 is 1.29 bits per heavy atom. The van der Waals surface area contributed by atoms with Gasteiger partial charge in [-0.1, -0.05) is 18.1 Å². The first-order chi connectivity index (χ1) is 10.2. The van der Waals surface area contributed by atoms with E-state index in [2.05, 4.69) is 10.1 Å². The molecule has 0 saturated carbocycles. The number of nitrogens with zero attached hydrogens (tertiary/aromatic N) is 2. The van der Waals surface area contributed by atoms with Crippen molar-refractivity contribution in [2.75, 3.05) is 6.54 Å². The number of benzene rings is 1. The van der Waals surface area contributed by atoms with Crippen molar-refractivity contribution in [3.63, 3.8) is 0 Å². The fourth-order valence-corrected chi connectivity index (χ4v) is 2.86. The van der Waals surface area contributed by atoms with Gasteiger partial charge >= 0.3 is 0 Å². The highest BCUT2D eigenvalue weighted by atomic mass is 19.2. The fourth-order valence-electron chi connectivity index (χ4n) is 2.86. The highest BCUT2D eigenvalue weighted by Crippen LogP contribution is 2.33. The SMILES string of the molecule is CCc1cc([C@H]2CCCN2Cc2ccc(F)c(F)c2)on1. The maximum Gasteiger partial charge on any atom is 0.159 e. The molecule has 112 valence electrons. The molecular formula is C16H18F2N2O. The quantitative estimate of drug-likeness (QED) is 0.857. The van der Waals surface area contributed by atoms with E-state index in [1.54, 1.807) is 6.07 Å². The van der Waals surface area contributed by atoms with Crippen molar-refractivity contribution in [3.05, 3.63) is 52.9 Å². The van der Waals surface area contributed by atoms with E-state index in [-0.39, 0.29) is 6.04 Å². The van der Waals surface area contributed by atoms with Crippen LogP contribution < -0.4 is 0 Å². The smallest absolute Gasteiger partial charge is 0.159 e. The molecule has 2 aromatic rings. The summed E-state index contributed by atoms with van der Waals surface area (Å²) in [7, 11) is 0. The van der Waals surface area contributed by atoms with E-state index in [9.17, 15) is 8.78 Å². The second-order valence-corrected chi connectivity index (χ2v) is 5.45. The molecule has 5 heteroatoms. The van der Waals surface area contributed by atoms with E-state index in [1.807, 2.05) is 13.0 Å². The molecule has 0 aliphatic carbocycles. The number of likely N-dealkylation sites (tertiary alicyclic amines) is 1. The number of rotatable bonds is 4. The minimum absolute atomic E-state index is 0.172. The molecule has 0 N–H and O–H groups in total. The molecule has 1 aromatic heterocycles. The third-order valence-electron chi connectivity index (χ3n) is 4.00. The molecule has 1 fully saturated rings. The van der Waals surface area contributed by atoms with Gasteiger partial charge in [0.2, 0.25) is 0 Å². The molecule has 0 bridgehead atoms. The van der Waals surface area contributed by atoms with Crippen LogP contribution in [0.2, 0.25) is 0 Å². The summed E-state index contributed by atoms with van der Waals surface area (Å²) in [6.45, 7) is 3.55. The van der Waals surface area contributed by atoms with Gasteiger partial charge in [0, 0.05) is 12.6 Å². The van der Waals surface area contributed by atoms with Crippen LogP contribution in [0.3, 0.4) is 0 Å². The van der Waals surface area contributed by atoms with Crippen molar-refractivity contribution in [3.8, 4) is 0 Å². The van der Waals surface area contributed by atoms with Crippen LogP contribution >= 0.6 is 0 Å². The van der Waals surface area contributed by atoms with E-state index in [4.69, 9.17) is 4.52 Å². The third-order valence-corrected chi connectivity index (χ3v) is 4.00. The molecule has 1 aromatic carbocycles. The van der Waals surface area contributed by atoms with Crippen LogP contribution in [-0.4, -0.2) is 16.6 Å². The predicted octanol–water partition coefficient (Wildman–Crippen LogP) is 3.85. The Morgan fingerprint density at radius 3 is 2.86 bits per heavy atom. The van der Waals surface area contributed by atoms with Crippen LogP contribution in [-0.2, 0) is 13.0 Å². The minimum Gasteiger partial charge on any atom is -0.359 e. The van der Waals surface area contributed by atoms with E-state index in [0.29, 0.717) is 6.54 Å². The molecule has 1 aliphatic heterocycles. The zero-order valence-corrected chi connectivity index (χ0v) is 12.0. The summed E-state index contributed by atoms with van der Waals surface area (Å²) in [5.74, 6) is -0.734. The van der Waals surface area contributed by atoms with Crippen LogP contribution in [0.5, 0.6) is 0 Å². The van der Waals surface area contributed by atoms with Gasteiger partial charge in [-0.25, -0.2) is 8.78 Å². The highest BCUT2D eigenvalue weighted by molar-refractivity contribution is 5.19. The maximum absolute atomic E-state index is 13.3. The Kier molecular flexibility index (Phi) is 4.01. The summed E-state index contributed by atoms with van der Waals surface area (Å²) >= 11 is 0. The standard InChI is InChI=1S/C16H18F2N2O/c1-2-12-9-16(21-19-12)15-4-3-7-20(15)10-11-5-6-13(17)14(18)8-11/h5-6,8-9,15H,2-4,7,10H2,1H3/t15-/m1/s1. The first-order valence-corrected chi connectivity index (χ1v) is 7.31. The van der Waals surface area contributed by atoms with Crippen LogP contribution in [0.15, 0.2) is 28.8 Å². The summed E-state index contributed by atoms with van der Waals surface area (Å²) in [6, 6.07) is 6.24.